The molecular formula is C17H27NO2. The molecule has 0 heterocycles. The maximum absolute atomic E-state index is 5.44. The van der Waals surface area contributed by atoms with Crippen LogP contribution in [0.25, 0.3) is 0 Å². The third-order valence-electron chi connectivity index (χ3n) is 4.44. The van der Waals surface area contributed by atoms with E-state index in [-0.39, 0.29) is 0 Å². The Morgan fingerprint density at radius 1 is 1.20 bits per heavy atom. The zero-order valence-corrected chi connectivity index (χ0v) is 13.3. The largest absolute Gasteiger partial charge is 0.497 e. The predicted octanol–water partition coefficient (Wildman–Crippen LogP) is 4.33. The van der Waals surface area contributed by atoms with Crippen LogP contribution in [0.15, 0.2) is 18.2 Å². The van der Waals surface area contributed by atoms with E-state index in [0.717, 1.165) is 17.2 Å². The minimum absolute atomic E-state index is 0.468. The first kappa shape index (κ1) is 15.0. The molecule has 1 saturated carbocycles. The lowest BCUT2D eigenvalue weighted by Gasteiger charge is -2.40. The van der Waals surface area contributed by atoms with Gasteiger partial charge in [0, 0.05) is 12.1 Å². The van der Waals surface area contributed by atoms with Crippen LogP contribution in [0.3, 0.4) is 0 Å². The molecular weight excluding hydrogens is 250 g/mol. The van der Waals surface area contributed by atoms with Gasteiger partial charge in [0.25, 0.3) is 0 Å². The lowest BCUT2D eigenvalue weighted by Crippen LogP contribution is -2.36. The van der Waals surface area contributed by atoms with E-state index in [9.17, 15) is 0 Å². The van der Waals surface area contributed by atoms with Gasteiger partial charge in [-0.3, -0.25) is 0 Å². The molecule has 3 nitrogen and oxygen atoms in total. The number of hydrogen-bond acceptors (Lipinski definition) is 3. The molecule has 0 aliphatic heterocycles. The van der Waals surface area contributed by atoms with E-state index in [0.29, 0.717) is 17.4 Å². The van der Waals surface area contributed by atoms with Crippen LogP contribution in [0.5, 0.6) is 11.5 Å². The van der Waals surface area contributed by atoms with Crippen LogP contribution >= 0.6 is 0 Å². The van der Waals surface area contributed by atoms with Crippen LogP contribution in [-0.2, 0) is 0 Å². The van der Waals surface area contributed by atoms with E-state index in [1.54, 1.807) is 14.2 Å². The molecule has 112 valence electrons. The molecule has 0 aromatic heterocycles. The molecule has 2 atom stereocenters. The van der Waals surface area contributed by atoms with Gasteiger partial charge in [-0.2, -0.15) is 0 Å². The average molecular weight is 277 g/mol. The zero-order valence-electron chi connectivity index (χ0n) is 13.3. The van der Waals surface area contributed by atoms with Crippen LogP contribution in [-0.4, -0.2) is 20.3 Å². The molecule has 2 rings (SSSR count). The van der Waals surface area contributed by atoms with Gasteiger partial charge in [-0.1, -0.05) is 20.8 Å². The van der Waals surface area contributed by atoms with Crippen molar-refractivity contribution in [1.82, 2.24) is 0 Å². The van der Waals surface area contributed by atoms with Crippen molar-refractivity contribution in [2.24, 2.45) is 11.3 Å². The maximum atomic E-state index is 5.44. The molecule has 0 saturated heterocycles. The first-order valence-corrected chi connectivity index (χ1v) is 7.44. The Hall–Kier alpha value is -1.38. The molecule has 1 aliphatic rings. The molecule has 0 radical (unpaired) electrons. The van der Waals surface area contributed by atoms with E-state index >= 15 is 0 Å². The fourth-order valence-corrected chi connectivity index (χ4v) is 3.29. The summed E-state index contributed by atoms with van der Waals surface area (Å²) in [6.45, 7) is 7.07. The van der Waals surface area contributed by atoms with Crippen LogP contribution < -0.4 is 14.8 Å². The summed E-state index contributed by atoms with van der Waals surface area (Å²) in [5.74, 6) is 2.40. The molecule has 0 spiro atoms. The zero-order chi connectivity index (χ0) is 14.8. The molecule has 1 fully saturated rings. The third-order valence-corrected chi connectivity index (χ3v) is 4.44. The highest BCUT2D eigenvalue weighted by molar-refractivity contribution is 5.60. The molecule has 1 aliphatic carbocycles. The molecule has 2 unspecified atom stereocenters. The minimum Gasteiger partial charge on any atom is -0.497 e. The molecule has 0 amide bonds. The molecule has 20 heavy (non-hydrogen) atoms. The number of nitrogens with one attached hydrogen (secondary N) is 1. The molecule has 1 aromatic rings. The fraction of sp³-hybridized carbons (Fsp3) is 0.647. The van der Waals surface area contributed by atoms with Crippen molar-refractivity contribution >= 4 is 5.69 Å². The molecule has 1 aromatic carbocycles. The predicted molar refractivity (Wildman–Crippen MR) is 83.8 cm³/mol. The van der Waals surface area contributed by atoms with Crippen LogP contribution in [0.1, 0.15) is 40.0 Å². The Bertz CT molecular complexity index is 456. The lowest BCUT2D eigenvalue weighted by molar-refractivity contribution is 0.177. The van der Waals surface area contributed by atoms with Crippen molar-refractivity contribution in [3.05, 3.63) is 18.2 Å². The first-order chi connectivity index (χ1) is 9.45. The van der Waals surface area contributed by atoms with Crippen molar-refractivity contribution < 1.29 is 9.47 Å². The standard InChI is InChI=1S/C17H27NO2/c1-12-11-17(2,3)9-8-14(12)18-15-10-13(19-4)6-7-16(15)20-5/h6-7,10,12,14,18H,8-9,11H2,1-5H3. The van der Waals surface area contributed by atoms with Crippen LogP contribution in [0.4, 0.5) is 5.69 Å². The second-order valence-electron chi connectivity index (χ2n) is 6.70. The number of ether oxygens (including phenoxy) is 2. The molecule has 1 N–H and O–H groups in total. The summed E-state index contributed by atoms with van der Waals surface area (Å²) in [5, 5.41) is 3.66. The van der Waals surface area contributed by atoms with Gasteiger partial charge in [0.05, 0.1) is 19.9 Å². The minimum atomic E-state index is 0.468. The Balaban J connectivity index is 2.13. The highest BCUT2D eigenvalue weighted by atomic mass is 16.5. The summed E-state index contributed by atoms with van der Waals surface area (Å²) in [6.07, 6.45) is 3.73. The SMILES string of the molecule is COc1ccc(OC)c(NC2CCC(C)(C)CC2C)c1. The summed E-state index contributed by atoms with van der Waals surface area (Å²) in [7, 11) is 3.40. The van der Waals surface area contributed by atoms with Gasteiger partial charge in [-0.25, -0.2) is 0 Å². The van der Waals surface area contributed by atoms with Crippen molar-refractivity contribution in [3.63, 3.8) is 0 Å². The summed E-state index contributed by atoms with van der Waals surface area (Å²) in [5.41, 5.74) is 1.50. The van der Waals surface area contributed by atoms with Gasteiger partial charge in [-0.15, -0.1) is 0 Å². The van der Waals surface area contributed by atoms with Crippen LogP contribution in [0, 0.1) is 11.3 Å². The van der Waals surface area contributed by atoms with Crippen molar-refractivity contribution in [2.45, 2.75) is 46.1 Å². The third kappa shape index (κ3) is 3.38. The maximum Gasteiger partial charge on any atom is 0.142 e. The Kier molecular flexibility index (Phi) is 4.46. The normalized spacial score (nSPS) is 25.1. The second-order valence-corrected chi connectivity index (χ2v) is 6.70. The highest BCUT2D eigenvalue weighted by Crippen LogP contribution is 2.40. The summed E-state index contributed by atoms with van der Waals surface area (Å²) >= 11 is 0. The van der Waals surface area contributed by atoms with E-state index < -0.39 is 0 Å². The second kappa shape index (κ2) is 5.94. The number of benzene rings is 1. The Labute approximate surface area is 122 Å². The molecule has 0 bridgehead atoms. The first-order valence-electron chi connectivity index (χ1n) is 7.44. The van der Waals surface area contributed by atoms with Crippen molar-refractivity contribution in [1.29, 1.82) is 0 Å². The quantitative estimate of drug-likeness (QED) is 0.888. The number of anilines is 1. The smallest absolute Gasteiger partial charge is 0.142 e. The number of rotatable bonds is 4. The van der Waals surface area contributed by atoms with E-state index in [1.165, 1.54) is 19.3 Å². The monoisotopic (exact) mass is 277 g/mol. The summed E-state index contributed by atoms with van der Waals surface area (Å²) < 4.78 is 10.8. The Morgan fingerprint density at radius 2 is 1.95 bits per heavy atom. The highest BCUT2D eigenvalue weighted by Gasteiger charge is 2.32. The number of hydrogen-bond donors (Lipinski definition) is 1. The number of methoxy groups -OCH3 is 2. The fourth-order valence-electron chi connectivity index (χ4n) is 3.29. The van der Waals surface area contributed by atoms with Gasteiger partial charge in [0.2, 0.25) is 0 Å². The average Bonchev–Trinajstić information content (AvgIpc) is 2.41. The summed E-state index contributed by atoms with van der Waals surface area (Å²) in [4.78, 5) is 0. The van der Waals surface area contributed by atoms with E-state index in [1.807, 2.05) is 18.2 Å². The van der Waals surface area contributed by atoms with Gasteiger partial charge >= 0.3 is 0 Å². The van der Waals surface area contributed by atoms with Crippen LogP contribution in [0.2, 0.25) is 0 Å². The van der Waals surface area contributed by atoms with Gasteiger partial charge < -0.3 is 14.8 Å². The van der Waals surface area contributed by atoms with Crippen molar-refractivity contribution in [3.8, 4) is 11.5 Å². The summed E-state index contributed by atoms with van der Waals surface area (Å²) in [6, 6.07) is 6.41. The van der Waals surface area contributed by atoms with Crippen molar-refractivity contribution in [2.75, 3.05) is 19.5 Å². The van der Waals surface area contributed by atoms with Gasteiger partial charge in [-0.05, 0) is 42.7 Å². The van der Waals surface area contributed by atoms with Gasteiger partial charge in [0.15, 0.2) is 0 Å². The van der Waals surface area contributed by atoms with Gasteiger partial charge in [0.1, 0.15) is 11.5 Å². The van der Waals surface area contributed by atoms with E-state index in [2.05, 4.69) is 26.1 Å². The topological polar surface area (TPSA) is 30.5 Å². The van der Waals surface area contributed by atoms with E-state index in [4.69, 9.17) is 9.47 Å². The molecule has 3 heteroatoms. The Morgan fingerprint density at radius 3 is 2.55 bits per heavy atom. The lowest BCUT2D eigenvalue weighted by atomic mass is 9.70.